The molecule has 0 radical (unpaired) electrons. The molecule has 0 saturated heterocycles. The van der Waals surface area contributed by atoms with Crippen LogP contribution in [-0.4, -0.2) is 5.25 Å². The van der Waals surface area contributed by atoms with Gasteiger partial charge in [-0.1, -0.05) is 59.1 Å². The number of fused-ring (bicyclic) bond motifs is 3. The van der Waals surface area contributed by atoms with Gasteiger partial charge in [-0.15, -0.1) is 11.8 Å². The summed E-state index contributed by atoms with van der Waals surface area (Å²) in [4.78, 5) is 1.42. The molecule has 5 rings (SSSR count). The van der Waals surface area contributed by atoms with Crippen molar-refractivity contribution in [2.45, 2.75) is 57.6 Å². The fourth-order valence-corrected chi connectivity index (χ4v) is 8.63. The number of allylic oxidation sites excluding steroid dienone is 2. The molecule has 0 amide bonds. The summed E-state index contributed by atoms with van der Waals surface area (Å²) in [6, 6.07) is 9.10. The van der Waals surface area contributed by atoms with E-state index < -0.39 is 0 Å². The van der Waals surface area contributed by atoms with Gasteiger partial charge >= 0.3 is 0 Å². The van der Waals surface area contributed by atoms with E-state index in [9.17, 15) is 0 Å². The first-order valence-electron chi connectivity index (χ1n) is 10.5. The molecule has 0 spiro atoms. The zero-order valence-corrected chi connectivity index (χ0v) is 22.3. The molecule has 0 bridgehead atoms. The number of hydrogen-bond acceptors (Lipinski definition) is 1. The summed E-state index contributed by atoms with van der Waals surface area (Å²) >= 11 is 9.76. The van der Waals surface area contributed by atoms with Crippen LogP contribution in [-0.2, 0) is 0 Å². The van der Waals surface area contributed by atoms with Crippen molar-refractivity contribution in [3.63, 3.8) is 0 Å². The lowest BCUT2D eigenvalue weighted by atomic mass is 9.67. The summed E-state index contributed by atoms with van der Waals surface area (Å²) < 4.78 is 2.47. The van der Waals surface area contributed by atoms with Crippen molar-refractivity contribution in [3.05, 3.63) is 71.5 Å². The van der Waals surface area contributed by atoms with Crippen LogP contribution >= 0.6 is 43.6 Å². The lowest BCUT2D eigenvalue weighted by molar-refractivity contribution is 0.433. The van der Waals surface area contributed by atoms with Gasteiger partial charge in [-0.05, 0) is 94.9 Å². The van der Waals surface area contributed by atoms with Crippen molar-refractivity contribution in [2.24, 2.45) is 5.41 Å². The molecule has 1 heterocycles. The highest BCUT2D eigenvalue weighted by Crippen LogP contribution is 2.54. The number of rotatable bonds is 2. The van der Waals surface area contributed by atoms with Crippen molar-refractivity contribution in [3.8, 4) is 0 Å². The van der Waals surface area contributed by atoms with Crippen LogP contribution in [0.1, 0.15) is 64.2 Å². The summed E-state index contributed by atoms with van der Waals surface area (Å²) in [5, 5.41) is 3.37. The molecule has 2 aromatic carbocycles. The second kappa shape index (κ2) is 6.98. The third-order valence-electron chi connectivity index (χ3n) is 7.19. The highest BCUT2D eigenvalue weighted by Gasteiger charge is 2.41. The quantitative estimate of drug-likeness (QED) is 0.376. The number of benzene rings is 2. The maximum absolute atomic E-state index is 3.99. The maximum atomic E-state index is 3.99. The second-order valence-corrected chi connectivity index (χ2v) is 12.5. The van der Waals surface area contributed by atoms with Gasteiger partial charge in [0.25, 0.3) is 0 Å². The van der Waals surface area contributed by atoms with Crippen molar-refractivity contribution in [1.82, 2.24) is 0 Å². The molecule has 30 heavy (non-hydrogen) atoms. The highest BCUT2D eigenvalue weighted by molar-refractivity contribution is 9.10. The molecule has 0 aromatic heterocycles. The minimum Gasteiger partial charge on any atom is -0.118 e. The molecule has 2 unspecified atom stereocenters. The molecular formula is C27H26Br2S. The van der Waals surface area contributed by atoms with E-state index in [4.69, 9.17) is 0 Å². The van der Waals surface area contributed by atoms with E-state index in [0.29, 0.717) is 11.2 Å². The van der Waals surface area contributed by atoms with Crippen molar-refractivity contribution in [1.29, 1.82) is 0 Å². The summed E-state index contributed by atoms with van der Waals surface area (Å²) in [5.41, 5.74) is 9.94. The first-order chi connectivity index (χ1) is 14.1. The second-order valence-electron chi connectivity index (χ2n) is 9.46. The molecule has 0 fully saturated rings. The Labute approximate surface area is 200 Å². The molecule has 0 N–H and O–H groups in total. The van der Waals surface area contributed by atoms with E-state index in [1.165, 1.54) is 63.3 Å². The zero-order valence-electron chi connectivity index (χ0n) is 18.3. The molecule has 154 valence electrons. The minimum absolute atomic E-state index is 0.0141. The zero-order chi connectivity index (χ0) is 21.5. The standard InChI is InChI=1S/C27H26Br2S/c1-13-10-18-17(8-7-9-21(18)28)24(13)27(5,6)25-14(2)11-20-19(25)12-22-23(26(20)29)15(3)16(4)30-22/h7-12,16,24H,1-6H3. The average molecular weight is 542 g/mol. The first-order valence-corrected chi connectivity index (χ1v) is 13.0. The molecular weight excluding hydrogens is 516 g/mol. The monoisotopic (exact) mass is 540 g/mol. The molecule has 1 aliphatic heterocycles. The van der Waals surface area contributed by atoms with E-state index in [-0.39, 0.29) is 5.41 Å². The summed E-state index contributed by atoms with van der Waals surface area (Å²) in [6.07, 6.45) is 4.77. The number of hydrogen-bond donors (Lipinski definition) is 0. The van der Waals surface area contributed by atoms with Crippen molar-refractivity contribution >= 4 is 66.9 Å². The summed E-state index contributed by atoms with van der Waals surface area (Å²) in [5.74, 6) is 0.376. The van der Waals surface area contributed by atoms with Gasteiger partial charge < -0.3 is 0 Å². The molecule has 0 saturated carbocycles. The Morgan fingerprint density at radius 3 is 2.47 bits per heavy atom. The Kier molecular flexibility index (Phi) is 4.85. The van der Waals surface area contributed by atoms with Gasteiger partial charge in [0, 0.05) is 35.6 Å². The van der Waals surface area contributed by atoms with Gasteiger partial charge in [-0.2, -0.15) is 0 Å². The van der Waals surface area contributed by atoms with Crippen LogP contribution in [0.5, 0.6) is 0 Å². The SMILES string of the molecule is CC1=Cc2c(Br)c3c(cc2=C1C(C)(C)C1C(C)=Cc2c(Br)cccc21)SC(C)C=3C. The van der Waals surface area contributed by atoms with Gasteiger partial charge in [-0.3, -0.25) is 0 Å². The van der Waals surface area contributed by atoms with E-state index in [1.54, 1.807) is 0 Å². The van der Waals surface area contributed by atoms with Crippen LogP contribution in [0.25, 0.3) is 23.3 Å². The van der Waals surface area contributed by atoms with Gasteiger partial charge in [0.1, 0.15) is 0 Å². The summed E-state index contributed by atoms with van der Waals surface area (Å²) in [7, 11) is 0. The van der Waals surface area contributed by atoms with Crippen LogP contribution in [0.3, 0.4) is 0 Å². The lowest BCUT2D eigenvalue weighted by Crippen LogP contribution is -2.29. The van der Waals surface area contributed by atoms with Crippen LogP contribution in [0.4, 0.5) is 0 Å². The average Bonchev–Trinajstić information content (AvgIpc) is 3.28. The van der Waals surface area contributed by atoms with Crippen molar-refractivity contribution < 1.29 is 0 Å². The van der Waals surface area contributed by atoms with E-state index >= 15 is 0 Å². The first kappa shape index (κ1) is 20.8. The maximum Gasteiger partial charge on any atom is 0.0337 e. The third kappa shape index (κ3) is 2.77. The van der Waals surface area contributed by atoms with Crippen molar-refractivity contribution in [2.75, 3.05) is 0 Å². The molecule has 0 nitrogen and oxygen atoms in total. The molecule has 3 heteroatoms. The lowest BCUT2D eigenvalue weighted by Gasteiger charge is -2.36. The normalized spacial score (nSPS) is 22.1. The predicted molar refractivity (Wildman–Crippen MR) is 139 cm³/mol. The predicted octanol–water partition coefficient (Wildman–Crippen LogP) is 7.67. The molecule has 3 aliphatic rings. The molecule has 2 aliphatic carbocycles. The van der Waals surface area contributed by atoms with Crippen LogP contribution in [0.15, 0.2) is 49.3 Å². The topological polar surface area (TPSA) is 0 Å². The van der Waals surface area contributed by atoms with E-state index in [2.05, 4.69) is 110 Å². The Balaban J connectivity index is 1.78. The smallest absolute Gasteiger partial charge is 0.0337 e. The van der Waals surface area contributed by atoms with Gasteiger partial charge in [0.15, 0.2) is 0 Å². The van der Waals surface area contributed by atoms with Gasteiger partial charge in [0.05, 0.1) is 0 Å². The number of thioether (sulfide) groups is 1. The van der Waals surface area contributed by atoms with E-state index in [0.717, 1.165) is 0 Å². The highest BCUT2D eigenvalue weighted by atomic mass is 79.9. The third-order valence-corrected chi connectivity index (χ3v) is 9.99. The Morgan fingerprint density at radius 1 is 1.00 bits per heavy atom. The van der Waals surface area contributed by atoms with Gasteiger partial charge in [-0.25, -0.2) is 0 Å². The van der Waals surface area contributed by atoms with Crippen LogP contribution in [0, 0.1) is 5.41 Å². The fourth-order valence-electron chi connectivity index (χ4n) is 5.91. The number of halogens is 2. The fraction of sp³-hybridized carbons (Fsp3) is 0.333. The van der Waals surface area contributed by atoms with Crippen LogP contribution < -0.4 is 10.4 Å². The minimum atomic E-state index is -0.0141. The Morgan fingerprint density at radius 2 is 1.73 bits per heavy atom. The summed E-state index contributed by atoms with van der Waals surface area (Å²) in [6.45, 7) is 14.0. The Hall–Kier alpha value is -1.03. The Bertz CT molecular complexity index is 1310. The van der Waals surface area contributed by atoms with Crippen LogP contribution in [0.2, 0.25) is 0 Å². The molecule has 2 atom stereocenters. The molecule has 2 aromatic rings. The largest absolute Gasteiger partial charge is 0.118 e. The van der Waals surface area contributed by atoms with Gasteiger partial charge in [0.2, 0.25) is 0 Å². The van der Waals surface area contributed by atoms with E-state index in [1.807, 2.05) is 11.8 Å².